The van der Waals surface area contributed by atoms with Gasteiger partial charge >= 0.3 is 0 Å². The second kappa shape index (κ2) is 6.96. The SMILES string of the molecule is Cc1cccc(C)c1-n1nnnc1SCC(=O)c1cc(C)n(C2CC2)c1C. The fourth-order valence-corrected chi connectivity index (χ4v) is 4.47. The Labute approximate surface area is 163 Å². The minimum absolute atomic E-state index is 0.121. The Morgan fingerprint density at radius 2 is 1.89 bits per heavy atom. The molecule has 0 N–H and O–H groups in total. The lowest BCUT2D eigenvalue weighted by molar-refractivity contribution is 0.102. The molecule has 1 aliphatic rings. The van der Waals surface area contributed by atoms with Crippen molar-refractivity contribution in [2.24, 2.45) is 0 Å². The summed E-state index contributed by atoms with van der Waals surface area (Å²) >= 11 is 1.38. The summed E-state index contributed by atoms with van der Waals surface area (Å²) in [7, 11) is 0. The molecule has 7 heteroatoms. The topological polar surface area (TPSA) is 65.6 Å². The largest absolute Gasteiger partial charge is 0.345 e. The van der Waals surface area contributed by atoms with Crippen molar-refractivity contribution in [1.82, 2.24) is 24.8 Å². The number of nitrogens with zero attached hydrogens (tertiary/aromatic N) is 5. The van der Waals surface area contributed by atoms with Crippen LogP contribution in [0, 0.1) is 27.7 Å². The van der Waals surface area contributed by atoms with Gasteiger partial charge in [-0.1, -0.05) is 30.0 Å². The van der Waals surface area contributed by atoms with E-state index in [1.807, 2.05) is 45.0 Å². The van der Waals surface area contributed by atoms with Gasteiger partial charge in [0.05, 0.1) is 11.4 Å². The van der Waals surface area contributed by atoms with Crippen molar-refractivity contribution >= 4 is 17.5 Å². The zero-order valence-corrected chi connectivity index (χ0v) is 16.9. The Hall–Kier alpha value is -2.41. The maximum absolute atomic E-state index is 12.8. The maximum atomic E-state index is 12.8. The molecule has 27 heavy (non-hydrogen) atoms. The Bertz CT molecular complexity index is 995. The highest BCUT2D eigenvalue weighted by molar-refractivity contribution is 7.99. The van der Waals surface area contributed by atoms with Gasteiger partial charge in [-0.05, 0) is 68.2 Å². The molecule has 140 valence electrons. The molecule has 0 radical (unpaired) electrons. The average molecular weight is 382 g/mol. The van der Waals surface area contributed by atoms with Gasteiger partial charge < -0.3 is 4.57 Å². The molecule has 0 aliphatic heterocycles. The fraction of sp³-hybridized carbons (Fsp3) is 0.400. The van der Waals surface area contributed by atoms with E-state index in [9.17, 15) is 4.79 Å². The number of thioether (sulfide) groups is 1. The zero-order valence-electron chi connectivity index (χ0n) is 16.1. The smallest absolute Gasteiger partial charge is 0.214 e. The van der Waals surface area contributed by atoms with Crippen LogP contribution >= 0.6 is 11.8 Å². The third-order valence-electron chi connectivity index (χ3n) is 5.12. The van der Waals surface area contributed by atoms with E-state index < -0.39 is 0 Å². The highest BCUT2D eigenvalue weighted by atomic mass is 32.2. The van der Waals surface area contributed by atoms with Crippen molar-refractivity contribution in [2.75, 3.05) is 5.75 Å². The number of hydrogen-bond acceptors (Lipinski definition) is 5. The highest BCUT2D eigenvalue weighted by Gasteiger charge is 2.28. The van der Waals surface area contributed by atoms with Crippen LogP contribution in [-0.4, -0.2) is 36.3 Å². The molecule has 0 unspecified atom stereocenters. The lowest BCUT2D eigenvalue weighted by Gasteiger charge is -2.10. The van der Waals surface area contributed by atoms with Crippen molar-refractivity contribution in [2.45, 2.75) is 51.7 Å². The molecule has 0 spiro atoms. The van der Waals surface area contributed by atoms with Crippen molar-refractivity contribution < 1.29 is 4.79 Å². The third kappa shape index (κ3) is 3.32. The normalized spacial score (nSPS) is 13.9. The quantitative estimate of drug-likeness (QED) is 0.477. The number of ketones is 1. The minimum Gasteiger partial charge on any atom is -0.345 e. The van der Waals surface area contributed by atoms with Crippen LogP contribution in [-0.2, 0) is 0 Å². The van der Waals surface area contributed by atoms with Crippen LogP contribution in [0.1, 0.15) is 51.8 Å². The second-order valence-corrected chi connectivity index (χ2v) is 8.15. The van der Waals surface area contributed by atoms with Crippen molar-refractivity contribution in [3.8, 4) is 5.69 Å². The van der Waals surface area contributed by atoms with Gasteiger partial charge in [0.25, 0.3) is 0 Å². The standard InChI is InChI=1S/C20H23N5OS/c1-12-6-5-7-13(2)19(12)25-20(21-22-23-25)27-11-18(26)17-10-14(3)24(15(17)4)16-8-9-16/h5-7,10,16H,8-9,11H2,1-4H3. The Morgan fingerprint density at radius 3 is 2.56 bits per heavy atom. The molecule has 3 aromatic rings. The van der Waals surface area contributed by atoms with Crippen LogP contribution in [0.4, 0.5) is 0 Å². The molecular formula is C20H23N5OS. The van der Waals surface area contributed by atoms with Gasteiger partial charge in [0.1, 0.15) is 0 Å². The molecule has 0 amide bonds. The van der Waals surface area contributed by atoms with Crippen LogP contribution in [0.5, 0.6) is 0 Å². The summed E-state index contributed by atoms with van der Waals surface area (Å²) in [5.41, 5.74) is 6.24. The van der Waals surface area contributed by atoms with Crippen LogP contribution in [0.15, 0.2) is 29.4 Å². The summed E-state index contributed by atoms with van der Waals surface area (Å²) in [4.78, 5) is 12.8. The lowest BCUT2D eigenvalue weighted by Crippen LogP contribution is -2.08. The van der Waals surface area contributed by atoms with Gasteiger partial charge in [-0.2, -0.15) is 4.68 Å². The predicted molar refractivity (Wildman–Crippen MR) is 106 cm³/mol. The van der Waals surface area contributed by atoms with E-state index in [1.165, 1.54) is 30.3 Å². The van der Waals surface area contributed by atoms with Gasteiger partial charge in [0, 0.05) is 23.0 Å². The summed E-state index contributed by atoms with van der Waals surface area (Å²) in [5.74, 6) is 0.441. The number of hydrogen-bond donors (Lipinski definition) is 0. The molecule has 4 rings (SSSR count). The van der Waals surface area contributed by atoms with E-state index in [0.29, 0.717) is 17.0 Å². The molecule has 1 aliphatic carbocycles. The van der Waals surface area contributed by atoms with E-state index in [2.05, 4.69) is 27.0 Å². The number of aryl methyl sites for hydroxylation is 3. The van der Waals surface area contributed by atoms with Crippen molar-refractivity contribution in [3.05, 3.63) is 52.3 Å². The second-order valence-electron chi connectivity index (χ2n) is 7.21. The van der Waals surface area contributed by atoms with Crippen LogP contribution in [0.25, 0.3) is 5.69 Å². The number of carbonyl (C=O) groups is 1. The van der Waals surface area contributed by atoms with Crippen LogP contribution in [0.3, 0.4) is 0 Å². The molecule has 0 saturated heterocycles. The Balaban J connectivity index is 1.55. The summed E-state index contributed by atoms with van der Waals surface area (Å²) in [6.07, 6.45) is 2.42. The molecular weight excluding hydrogens is 358 g/mol. The van der Waals surface area contributed by atoms with E-state index in [0.717, 1.165) is 28.1 Å². The third-order valence-corrected chi connectivity index (χ3v) is 6.04. The average Bonchev–Trinajstić information content (AvgIpc) is 3.27. The predicted octanol–water partition coefficient (Wildman–Crippen LogP) is 4.01. The molecule has 1 aromatic carbocycles. The van der Waals surface area contributed by atoms with Gasteiger partial charge in [-0.25, -0.2) is 0 Å². The summed E-state index contributed by atoms with van der Waals surface area (Å²) in [5, 5.41) is 12.7. The van der Waals surface area contributed by atoms with Gasteiger partial charge in [0.2, 0.25) is 5.16 Å². The minimum atomic E-state index is 0.121. The number of benzene rings is 1. The lowest BCUT2D eigenvalue weighted by atomic mass is 10.1. The molecule has 0 bridgehead atoms. The number of para-hydroxylation sites is 1. The Kier molecular flexibility index (Phi) is 4.63. The number of carbonyl (C=O) groups excluding carboxylic acids is 1. The van der Waals surface area contributed by atoms with Crippen LogP contribution < -0.4 is 0 Å². The first kappa shape index (κ1) is 18.0. The molecule has 2 aromatic heterocycles. The maximum Gasteiger partial charge on any atom is 0.214 e. The molecule has 2 heterocycles. The zero-order chi connectivity index (χ0) is 19.1. The number of aromatic nitrogens is 5. The highest BCUT2D eigenvalue weighted by Crippen LogP contribution is 2.38. The van der Waals surface area contributed by atoms with Crippen molar-refractivity contribution in [3.63, 3.8) is 0 Å². The molecule has 1 fully saturated rings. The first-order valence-corrected chi connectivity index (χ1v) is 10.2. The van der Waals surface area contributed by atoms with Gasteiger partial charge in [0.15, 0.2) is 5.78 Å². The number of tetrazole rings is 1. The van der Waals surface area contributed by atoms with E-state index in [-0.39, 0.29) is 5.78 Å². The summed E-state index contributed by atoms with van der Waals surface area (Å²) < 4.78 is 4.04. The first-order valence-electron chi connectivity index (χ1n) is 9.16. The number of Topliss-reactive ketones (excluding diaryl/α,β-unsaturated/α-hetero) is 1. The first-order chi connectivity index (χ1) is 13.0. The Morgan fingerprint density at radius 1 is 1.19 bits per heavy atom. The summed E-state index contributed by atoms with van der Waals surface area (Å²) in [6, 6.07) is 8.69. The molecule has 0 atom stereocenters. The monoisotopic (exact) mass is 381 g/mol. The van der Waals surface area contributed by atoms with Crippen LogP contribution in [0.2, 0.25) is 0 Å². The summed E-state index contributed by atoms with van der Waals surface area (Å²) in [6.45, 7) is 8.20. The number of rotatable bonds is 6. The van der Waals surface area contributed by atoms with Gasteiger partial charge in [-0.15, -0.1) is 5.10 Å². The van der Waals surface area contributed by atoms with E-state index >= 15 is 0 Å². The van der Waals surface area contributed by atoms with E-state index in [4.69, 9.17) is 0 Å². The molecule has 6 nitrogen and oxygen atoms in total. The van der Waals surface area contributed by atoms with Crippen molar-refractivity contribution in [1.29, 1.82) is 0 Å². The van der Waals surface area contributed by atoms with Gasteiger partial charge in [-0.3, -0.25) is 4.79 Å². The molecule has 1 saturated carbocycles. The van der Waals surface area contributed by atoms with E-state index in [1.54, 1.807) is 4.68 Å². The fourth-order valence-electron chi connectivity index (χ4n) is 3.71.